The van der Waals surface area contributed by atoms with Gasteiger partial charge in [-0.2, -0.15) is 5.10 Å². The highest BCUT2D eigenvalue weighted by atomic mass is 35.5. The number of aromatic nitrogens is 2. The number of amides is 1. The molecular weight excluding hydrogens is 314 g/mol. The summed E-state index contributed by atoms with van der Waals surface area (Å²) in [6, 6.07) is 11.0. The largest absolute Gasteiger partial charge is 0.449 e. The van der Waals surface area contributed by atoms with E-state index in [2.05, 4.69) is 15.5 Å². The molecule has 0 spiro atoms. The molecule has 4 rings (SSSR count). The fourth-order valence-electron chi connectivity index (χ4n) is 2.68. The number of nitrogens with one attached hydrogen (secondary N) is 2. The molecular formula is C17H12ClN3O2. The first-order valence-electron chi connectivity index (χ1n) is 7.06. The van der Waals surface area contributed by atoms with Crippen molar-refractivity contribution in [1.29, 1.82) is 0 Å². The van der Waals surface area contributed by atoms with Crippen molar-refractivity contribution in [2.24, 2.45) is 0 Å². The van der Waals surface area contributed by atoms with Crippen LogP contribution in [0.15, 0.2) is 47.0 Å². The number of benzene rings is 2. The number of carbonyl (C=O) groups excluding carboxylic acids is 1. The quantitative estimate of drug-likeness (QED) is 0.569. The second kappa shape index (κ2) is 5.14. The van der Waals surface area contributed by atoms with Crippen LogP contribution in [0.5, 0.6) is 0 Å². The summed E-state index contributed by atoms with van der Waals surface area (Å²) >= 11 is 6.13. The average molecular weight is 326 g/mol. The predicted molar refractivity (Wildman–Crippen MR) is 90.0 cm³/mol. The van der Waals surface area contributed by atoms with Gasteiger partial charge in [0.2, 0.25) is 0 Å². The molecule has 0 saturated heterocycles. The molecule has 5 nitrogen and oxygen atoms in total. The van der Waals surface area contributed by atoms with E-state index >= 15 is 0 Å². The summed E-state index contributed by atoms with van der Waals surface area (Å²) in [7, 11) is 0. The molecule has 0 unspecified atom stereocenters. The van der Waals surface area contributed by atoms with Gasteiger partial charge in [0.1, 0.15) is 0 Å². The third-order valence-corrected chi connectivity index (χ3v) is 4.14. The van der Waals surface area contributed by atoms with Crippen molar-refractivity contribution in [3.05, 3.63) is 58.9 Å². The van der Waals surface area contributed by atoms with Crippen molar-refractivity contribution in [2.45, 2.75) is 6.92 Å². The van der Waals surface area contributed by atoms with Crippen molar-refractivity contribution < 1.29 is 9.21 Å². The Morgan fingerprint density at radius 1 is 1.26 bits per heavy atom. The molecule has 0 aliphatic heterocycles. The smallest absolute Gasteiger partial charge is 0.291 e. The molecule has 0 saturated carbocycles. The monoisotopic (exact) mass is 325 g/mol. The molecule has 1 amide bonds. The Kier molecular flexibility index (Phi) is 3.09. The van der Waals surface area contributed by atoms with Crippen LogP contribution in [0.4, 0.5) is 5.69 Å². The van der Waals surface area contributed by atoms with Crippen LogP contribution in [0.25, 0.3) is 21.9 Å². The molecule has 0 fully saturated rings. The van der Waals surface area contributed by atoms with Crippen LogP contribution >= 0.6 is 11.6 Å². The molecule has 2 N–H and O–H groups in total. The third-order valence-electron chi connectivity index (χ3n) is 3.85. The highest BCUT2D eigenvalue weighted by Crippen LogP contribution is 2.31. The number of anilines is 1. The van der Waals surface area contributed by atoms with E-state index in [1.165, 1.54) is 0 Å². The van der Waals surface area contributed by atoms with Crippen molar-refractivity contribution in [3.8, 4) is 0 Å². The summed E-state index contributed by atoms with van der Waals surface area (Å²) in [5.41, 5.74) is 2.71. The number of nitrogens with zero attached hydrogens (tertiary/aromatic N) is 1. The molecule has 2 aromatic carbocycles. The lowest BCUT2D eigenvalue weighted by molar-refractivity contribution is 0.0998. The topological polar surface area (TPSA) is 70.9 Å². The van der Waals surface area contributed by atoms with Gasteiger partial charge in [0.15, 0.2) is 11.3 Å². The normalized spacial score (nSPS) is 11.2. The molecule has 0 bridgehead atoms. The molecule has 0 radical (unpaired) electrons. The minimum atomic E-state index is -0.322. The number of carbonyl (C=O) groups is 1. The second-order valence-corrected chi connectivity index (χ2v) is 5.67. The summed E-state index contributed by atoms with van der Waals surface area (Å²) in [6.07, 6.45) is 1.71. The molecule has 23 heavy (non-hydrogen) atoms. The number of para-hydroxylation sites is 2. The Hall–Kier alpha value is -2.79. The minimum absolute atomic E-state index is 0.254. The van der Waals surface area contributed by atoms with Crippen molar-refractivity contribution in [1.82, 2.24) is 10.2 Å². The Bertz CT molecular complexity index is 1050. The van der Waals surface area contributed by atoms with E-state index in [1.54, 1.807) is 12.3 Å². The number of fused-ring (bicyclic) bond motifs is 2. The lowest BCUT2D eigenvalue weighted by Crippen LogP contribution is -2.12. The van der Waals surface area contributed by atoms with Gasteiger partial charge >= 0.3 is 0 Å². The molecule has 2 heterocycles. The Morgan fingerprint density at radius 2 is 2.09 bits per heavy atom. The minimum Gasteiger partial charge on any atom is -0.449 e. The van der Waals surface area contributed by atoms with Crippen LogP contribution in [0.2, 0.25) is 5.02 Å². The van der Waals surface area contributed by atoms with Crippen LogP contribution in [-0.2, 0) is 0 Å². The maximum atomic E-state index is 12.6. The predicted octanol–water partition coefficient (Wildman–Crippen LogP) is 4.52. The van der Waals surface area contributed by atoms with Gasteiger partial charge in [-0.05, 0) is 19.1 Å². The number of furan rings is 1. The van der Waals surface area contributed by atoms with Crippen LogP contribution in [0.3, 0.4) is 0 Å². The zero-order valence-corrected chi connectivity index (χ0v) is 12.9. The van der Waals surface area contributed by atoms with Gasteiger partial charge in [-0.25, -0.2) is 0 Å². The Labute approximate surface area is 136 Å². The number of hydrogen-bond acceptors (Lipinski definition) is 3. The third kappa shape index (κ3) is 2.17. The zero-order valence-electron chi connectivity index (χ0n) is 12.2. The average Bonchev–Trinajstić information content (AvgIpc) is 3.14. The zero-order chi connectivity index (χ0) is 16.0. The maximum Gasteiger partial charge on any atom is 0.291 e. The van der Waals surface area contributed by atoms with Gasteiger partial charge in [0.25, 0.3) is 5.91 Å². The van der Waals surface area contributed by atoms with E-state index in [0.29, 0.717) is 16.3 Å². The number of H-pyrrole nitrogens is 1. The van der Waals surface area contributed by atoms with Gasteiger partial charge in [-0.3, -0.25) is 9.89 Å². The summed E-state index contributed by atoms with van der Waals surface area (Å²) in [5, 5.41) is 12.0. The van der Waals surface area contributed by atoms with Gasteiger partial charge in [0.05, 0.1) is 22.4 Å². The fraction of sp³-hybridized carbons (Fsp3) is 0.0588. The van der Waals surface area contributed by atoms with Gasteiger partial charge < -0.3 is 9.73 Å². The number of hydrogen-bond donors (Lipinski definition) is 2. The van der Waals surface area contributed by atoms with Crippen molar-refractivity contribution >= 4 is 45.1 Å². The first kappa shape index (κ1) is 13.8. The summed E-state index contributed by atoms with van der Waals surface area (Å²) in [6.45, 7) is 1.84. The van der Waals surface area contributed by atoms with E-state index in [0.717, 1.165) is 21.9 Å². The SMILES string of the molecule is Cc1c(C(=O)Nc2cccc3cn[nH]c23)oc2c(Cl)cccc12. The van der Waals surface area contributed by atoms with Crippen LogP contribution < -0.4 is 5.32 Å². The van der Waals surface area contributed by atoms with Gasteiger partial charge in [-0.15, -0.1) is 0 Å². The summed E-state index contributed by atoms with van der Waals surface area (Å²) in [4.78, 5) is 12.6. The second-order valence-electron chi connectivity index (χ2n) is 5.27. The lowest BCUT2D eigenvalue weighted by Gasteiger charge is -2.04. The standard InChI is InChI=1S/C17H12ClN3O2/c1-9-11-5-3-6-12(18)16(11)23-15(9)17(22)20-13-7-2-4-10-8-19-21-14(10)13/h2-8H,1H3,(H,19,21)(H,20,22). The Morgan fingerprint density at radius 3 is 2.91 bits per heavy atom. The van der Waals surface area contributed by atoms with E-state index in [9.17, 15) is 4.79 Å². The number of aromatic amines is 1. The highest BCUT2D eigenvalue weighted by Gasteiger charge is 2.19. The van der Waals surface area contributed by atoms with E-state index in [1.807, 2.05) is 37.3 Å². The van der Waals surface area contributed by atoms with E-state index < -0.39 is 0 Å². The van der Waals surface area contributed by atoms with Gasteiger partial charge in [0, 0.05) is 16.3 Å². The number of rotatable bonds is 2. The molecule has 0 aliphatic rings. The highest BCUT2D eigenvalue weighted by molar-refractivity contribution is 6.35. The Balaban J connectivity index is 1.76. The summed E-state index contributed by atoms with van der Waals surface area (Å²) in [5.74, 6) is -0.0681. The molecule has 4 aromatic rings. The molecule has 114 valence electrons. The van der Waals surface area contributed by atoms with Gasteiger partial charge in [-0.1, -0.05) is 35.9 Å². The molecule has 6 heteroatoms. The fourth-order valence-corrected chi connectivity index (χ4v) is 2.89. The number of aryl methyl sites for hydroxylation is 1. The lowest BCUT2D eigenvalue weighted by atomic mass is 10.1. The van der Waals surface area contributed by atoms with Crippen LogP contribution in [-0.4, -0.2) is 16.1 Å². The first-order chi connectivity index (χ1) is 11.1. The molecule has 0 atom stereocenters. The molecule has 0 aliphatic carbocycles. The van der Waals surface area contributed by atoms with Crippen LogP contribution in [0.1, 0.15) is 16.1 Å². The van der Waals surface area contributed by atoms with E-state index in [4.69, 9.17) is 16.0 Å². The van der Waals surface area contributed by atoms with E-state index in [-0.39, 0.29) is 11.7 Å². The molecule has 2 aromatic heterocycles. The summed E-state index contributed by atoms with van der Waals surface area (Å²) < 4.78 is 5.69. The first-order valence-corrected chi connectivity index (χ1v) is 7.44. The van der Waals surface area contributed by atoms with Crippen molar-refractivity contribution in [3.63, 3.8) is 0 Å². The van der Waals surface area contributed by atoms with Crippen molar-refractivity contribution in [2.75, 3.05) is 5.32 Å². The maximum absolute atomic E-state index is 12.6. The van der Waals surface area contributed by atoms with Crippen LogP contribution in [0, 0.1) is 6.92 Å². The number of halogens is 1.